The van der Waals surface area contributed by atoms with Crippen molar-refractivity contribution in [1.29, 1.82) is 0 Å². The van der Waals surface area contributed by atoms with Gasteiger partial charge in [0.2, 0.25) is 11.8 Å². The second-order valence-corrected chi connectivity index (χ2v) is 13.2. The Labute approximate surface area is 239 Å². The topological polar surface area (TPSA) is 86.8 Å². The fourth-order valence-corrected chi connectivity index (χ4v) is 6.14. The van der Waals surface area contributed by atoms with Gasteiger partial charge in [0.05, 0.1) is 10.6 Å². The van der Waals surface area contributed by atoms with Gasteiger partial charge in [-0.25, -0.2) is 8.42 Å². The second kappa shape index (κ2) is 12.7. The van der Waals surface area contributed by atoms with Crippen molar-refractivity contribution in [1.82, 2.24) is 10.2 Å². The van der Waals surface area contributed by atoms with Gasteiger partial charge in [-0.15, -0.1) is 0 Å². The van der Waals surface area contributed by atoms with E-state index in [0.29, 0.717) is 12.1 Å². The zero-order valence-electron chi connectivity index (χ0n) is 24.6. The van der Waals surface area contributed by atoms with Crippen LogP contribution in [0, 0.1) is 20.8 Å². The number of hydrogen-bond acceptors (Lipinski definition) is 4. The molecular formula is C32H41N3O4S. The molecule has 0 saturated heterocycles. The third-order valence-electron chi connectivity index (χ3n) is 6.42. The van der Waals surface area contributed by atoms with E-state index in [1.54, 1.807) is 30.3 Å². The fraction of sp³-hybridized carbons (Fsp3) is 0.375. The van der Waals surface area contributed by atoms with E-state index in [4.69, 9.17) is 0 Å². The summed E-state index contributed by atoms with van der Waals surface area (Å²) in [5, 5.41) is 2.99. The van der Waals surface area contributed by atoms with E-state index in [2.05, 4.69) is 5.32 Å². The lowest BCUT2D eigenvalue weighted by Gasteiger charge is -2.35. The van der Waals surface area contributed by atoms with E-state index in [-0.39, 0.29) is 17.3 Å². The van der Waals surface area contributed by atoms with Crippen LogP contribution in [0.1, 0.15) is 56.4 Å². The van der Waals surface area contributed by atoms with Gasteiger partial charge in [0, 0.05) is 12.1 Å². The minimum Gasteiger partial charge on any atom is -0.350 e. The number of anilines is 1. The lowest BCUT2D eigenvalue weighted by Crippen LogP contribution is -2.55. The summed E-state index contributed by atoms with van der Waals surface area (Å²) in [5.41, 5.74) is 3.55. The van der Waals surface area contributed by atoms with Gasteiger partial charge >= 0.3 is 0 Å². The summed E-state index contributed by atoms with van der Waals surface area (Å²) < 4.78 is 29.1. The number of hydrogen-bond donors (Lipinski definition) is 1. The summed E-state index contributed by atoms with van der Waals surface area (Å²) in [5.74, 6) is -0.740. The highest BCUT2D eigenvalue weighted by Gasteiger charge is 2.34. The maximum absolute atomic E-state index is 14.2. The summed E-state index contributed by atoms with van der Waals surface area (Å²) in [6.45, 7) is 13.0. The lowest BCUT2D eigenvalue weighted by molar-refractivity contribution is -0.141. The van der Waals surface area contributed by atoms with E-state index >= 15 is 0 Å². The number of benzene rings is 3. The maximum Gasteiger partial charge on any atom is 0.264 e. The van der Waals surface area contributed by atoms with Crippen LogP contribution in [0.2, 0.25) is 0 Å². The zero-order valence-corrected chi connectivity index (χ0v) is 25.4. The Bertz CT molecular complexity index is 1430. The Morgan fingerprint density at radius 3 is 2.02 bits per heavy atom. The van der Waals surface area contributed by atoms with E-state index in [0.717, 1.165) is 26.6 Å². The largest absolute Gasteiger partial charge is 0.350 e. The smallest absolute Gasteiger partial charge is 0.264 e. The molecule has 0 saturated carbocycles. The molecule has 2 amide bonds. The average Bonchev–Trinajstić information content (AvgIpc) is 2.85. The zero-order chi connectivity index (χ0) is 29.7. The van der Waals surface area contributed by atoms with Gasteiger partial charge in [0.1, 0.15) is 12.6 Å². The number of nitrogens with one attached hydrogen (secondary N) is 1. The number of aryl methyl sites for hydroxylation is 3. The molecule has 1 unspecified atom stereocenters. The Morgan fingerprint density at radius 1 is 0.850 bits per heavy atom. The number of amides is 2. The summed E-state index contributed by atoms with van der Waals surface area (Å²) in [6.07, 6.45) is 0.370. The standard InChI is InChI=1S/C32H41N3O4S/c1-8-29(31(37)33-32(5,6)7)34(21-26-14-12-13-23(2)18-26)30(36)22-35(27-19-24(3)17-25(4)20-27)40(38,39)28-15-10-9-11-16-28/h9-20,29H,8,21-22H2,1-7H3,(H,33,37). The fourth-order valence-electron chi connectivity index (χ4n) is 4.72. The average molecular weight is 564 g/mol. The number of sulfonamides is 1. The van der Waals surface area contributed by atoms with Crippen molar-refractivity contribution in [3.8, 4) is 0 Å². The molecule has 3 rings (SSSR count). The molecule has 0 spiro atoms. The minimum atomic E-state index is -4.09. The Kier molecular flexibility index (Phi) is 9.79. The molecule has 0 aliphatic carbocycles. The van der Waals surface area contributed by atoms with Crippen LogP contribution < -0.4 is 9.62 Å². The molecule has 0 aliphatic rings. The molecule has 0 radical (unpaired) electrons. The van der Waals surface area contributed by atoms with Gasteiger partial charge in [-0.3, -0.25) is 13.9 Å². The van der Waals surface area contributed by atoms with Crippen LogP contribution in [-0.4, -0.2) is 43.3 Å². The SMILES string of the molecule is CCC(C(=O)NC(C)(C)C)N(Cc1cccc(C)c1)C(=O)CN(c1cc(C)cc(C)c1)S(=O)(=O)c1ccccc1. The number of carbonyl (C=O) groups excluding carboxylic acids is 2. The van der Waals surface area contributed by atoms with Gasteiger partial charge < -0.3 is 10.2 Å². The highest BCUT2D eigenvalue weighted by atomic mass is 32.2. The molecular weight excluding hydrogens is 522 g/mol. The van der Waals surface area contributed by atoms with Crippen LogP contribution in [0.4, 0.5) is 5.69 Å². The molecule has 3 aromatic carbocycles. The van der Waals surface area contributed by atoms with E-state index in [1.165, 1.54) is 17.0 Å². The van der Waals surface area contributed by atoms with Crippen molar-refractivity contribution in [3.63, 3.8) is 0 Å². The maximum atomic E-state index is 14.2. The van der Waals surface area contributed by atoms with Crippen LogP contribution in [0.3, 0.4) is 0 Å². The van der Waals surface area contributed by atoms with Crippen molar-refractivity contribution in [3.05, 3.63) is 95.1 Å². The predicted octanol–water partition coefficient (Wildman–Crippen LogP) is 5.53. The van der Waals surface area contributed by atoms with Crippen LogP contribution in [0.25, 0.3) is 0 Å². The molecule has 1 N–H and O–H groups in total. The minimum absolute atomic E-state index is 0.0877. The third-order valence-corrected chi connectivity index (χ3v) is 8.21. The number of rotatable bonds is 10. The molecule has 1 atom stereocenters. The third kappa shape index (κ3) is 7.94. The molecule has 0 aliphatic heterocycles. The summed E-state index contributed by atoms with van der Waals surface area (Å²) in [7, 11) is -4.09. The predicted molar refractivity (Wildman–Crippen MR) is 161 cm³/mol. The Hall–Kier alpha value is -3.65. The van der Waals surface area contributed by atoms with Gasteiger partial charge in [0.15, 0.2) is 0 Å². The highest BCUT2D eigenvalue weighted by molar-refractivity contribution is 7.92. The van der Waals surface area contributed by atoms with Crippen LogP contribution >= 0.6 is 0 Å². The van der Waals surface area contributed by atoms with Gasteiger partial charge in [-0.2, -0.15) is 0 Å². The van der Waals surface area contributed by atoms with Crippen molar-refractivity contribution in [2.75, 3.05) is 10.8 Å². The lowest BCUT2D eigenvalue weighted by atomic mass is 10.0. The molecule has 0 fully saturated rings. The normalized spacial score (nSPS) is 12.5. The van der Waals surface area contributed by atoms with Crippen molar-refractivity contribution >= 4 is 27.5 Å². The van der Waals surface area contributed by atoms with Crippen LogP contribution in [0.5, 0.6) is 0 Å². The quantitative estimate of drug-likeness (QED) is 0.352. The first-order valence-corrected chi connectivity index (χ1v) is 15.0. The first-order chi connectivity index (χ1) is 18.7. The molecule has 0 aromatic heterocycles. The van der Waals surface area contributed by atoms with Crippen molar-refractivity contribution in [2.24, 2.45) is 0 Å². The van der Waals surface area contributed by atoms with Gasteiger partial charge in [0.25, 0.3) is 10.0 Å². The van der Waals surface area contributed by atoms with E-state index < -0.39 is 34.1 Å². The van der Waals surface area contributed by atoms with Crippen molar-refractivity contribution in [2.45, 2.75) is 77.9 Å². The monoisotopic (exact) mass is 563 g/mol. The van der Waals surface area contributed by atoms with Crippen LogP contribution in [-0.2, 0) is 26.2 Å². The first-order valence-electron chi connectivity index (χ1n) is 13.5. The summed E-state index contributed by atoms with van der Waals surface area (Å²) >= 11 is 0. The van der Waals surface area contributed by atoms with Crippen LogP contribution in [0.15, 0.2) is 77.7 Å². The highest BCUT2D eigenvalue weighted by Crippen LogP contribution is 2.27. The summed E-state index contributed by atoms with van der Waals surface area (Å²) in [6, 6.07) is 20.5. The molecule has 7 nitrogen and oxygen atoms in total. The van der Waals surface area contributed by atoms with Crippen molar-refractivity contribution < 1.29 is 18.0 Å². The first kappa shape index (κ1) is 30.9. The Balaban J connectivity index is 2.10. The molecule has 8 heteroatoms. The number of carbonyl (C=O) groups is 2. The van der Waals surface area contributed by atoms with E-state index in [9.17, 15) is 18.0 Å². The molecule has 3 aromatic rings. The molecule has 0 heterocycles. The molecule has 0 bridgehead atoms. The molecule has 40 heavy (non-hydrogen) atoms. The van der Waals surface area contributed by atoms with E-state index in [1.807, 2.05) is 78.8 Å². The van der Waals surface area contributed by atoms with Gasteiger partial charge in [-0.05, 0) is 88.9 Å². The number of nitrogens with zero attached hydrogens (tertiary/aromatic N) is 2. The Morgan fingerprint density at radius 2 is 1.48 bits per heavy atom. The second-order valence-electron chi connectivity index (χ2n) is 11.3. The summed E-state index contributed by atoms with van der Waals surface area (Å²) in [4.78, 5) is 29.2. The van der Waals surface area contributed by atoms with Gasteiger partial charge in [-0.1, -0.05) is 61.0 Å². The molecule has 214 valence electrons.